The third-order valence-corrected chi connectivity index (χ3v) is 2.50. The summed E-state index contributed by atoms with van der Waals surface area (Å²) in [5.41, 5.74) is 0.961. The number of carbonyl (C=O) groups excluding carboxylic acids is 1. The van der Waals surface area contributed by atoms with Crippen molar-refractivity contribution in [3.63, 3.8) is 0 Å². The number of nitrogens with zero attached hydrogens (tertiary/aromatic N) is 3. The minimum atomic E-state index is -0.269. The van der Waals surface area contributed by atoms with Gasteiger partial charge in [-0.3, -0.25) is 10.1 Å². The largest absolute Gasteiger partial charge is 0.474 e. The predicted molar refractivity (Wildman–Crippen MR) is 74.0 cm³/mol. The van der Waals surface area contributed by atoms with Crippen molar-refractivity contribution in [2.45, 2.75) is 6.92 Å². The zero-order valence-electron chi connectivity index (χ0n) is 11.0. The zero-order valence-corrected chi connectivity index (χ0v) is 11.8. The molecule has 7 nitrogen and oxygen atoms in total. The van der Waals surface area contributed by atoms with Crippen LogP contribution in [0.3, 0.4) is 0 Å². The lowest BCUT2D eigenvalue weighted by atomic mass is 10.3. The van der Waals surface area contributed by atoms with E-state index in [1.807, 2.05) is 0 Å². The summed E-state index contributed by atoms with van der Waals surface area (Å²) in [6, 6.07) is 3.29. The first-order chi connectivity index (χ1) is 9.60. The van der Waals surface area contributed by atoms with Crippen molar-refractivity contribution in [1.82, 2.24) is 15.0 Å². The summed E-state index contributed by atoms with van der Waals surface area (Å²) in [4.78, 5) is 23.5. The van der Waals surface area contributed by atoms with Crippen molar-refractivity contribution in [1.29, 1.82) is 0 Å². The molecule has 2 rings (SSSR count). The molecule has 0 aliphatic carbocycles. The van der Waals surface area contributed by atoms with Gasteiger partial charge in [0.25, 0.3) is 0 Å². The van der Waals surface area contributed by atoms with Crippen LogP contribution in [0.2, 0.25) is 5.15 Å². The predicted octanol–water partition coefficient (Wildman–Crippen LogP) is 1.66. The third-order valence-electron chi connectivity index (χ3n) is 2.29. The summed E-state index contributed by atoms with van der Waals surface area (Å²) in [6.45, 7) is 2.08. The number of nitrogens with one attached hydrogen (secondary N) is 1. The number of anilines is 1. The van der Waals surface area contributed by atoms with Crippen LogP contribution in [-0.2, 0) is 9.53 Å². The van der Waals surface area contributed by atoms with E-state index in [9.17, 15) is 4.79 Å². The molecule has 2 heterocycles. The van der Waals surface area contributed by atoms with Gasteiger partial charge in [0.1, 0.15) is 11.8 Å². The molecule has 0 fully saturated rings. The minimum Gasteiger partial charge on any atom is -0.474 e. The molecule has 1 amide bonds. The van der Waals surface area contributed by atoms with Crippen LogP contribution in [-0.4, -0.2) is 41.2 Å². The van der Waals surface area contributed by atoms with E-state index in [2.05, 4.69) is 20.3 Å². The van der Waals surface area contributed by atoms with Crippen LogP contribution in [0.5, 0.6) is 5.88 Å². The lowest BCUT2D eigenvalue weighted by Gasteiger charge is -2.09. The first-order valence-electron chi connectivity index (χ1n) is 5.84. The SMILES string of the molecule is COCCOc1nc(NC(C)=O)nc2ccc(Cl)nc12. The standard InChI is InChI=1S/C12H13ClN4O3/c1-7(18)14-12-15-8-3-4-9(13)16-10(8)11(17-12)20-6-5-19-2/h3-4H,5-6H2,1-2H3,(H,14,15,17,18). The van der Waals surface area contributed by atoms with Crippen molar-refractivity contribution in [3.8, 4) is 5.88 Å². The average molecular weight is 297 g/mol. The molecule has 0 bridgehead atoms. The fourth-order valence-electron chi connectivity index (χ4n) is 1.50. The highest BCUT2D eigenvalue weighted by Crippen LogP contribution is 2.23. The van der Waals surface area contributed by atoms with Gasteiger partial charge in [-0.25, -0.2) is 9.97 Å². The van der Waals surface area contributed by atoms with Crippen LogP contribution < -0.4 is 10.1 Å². The van der Waals surface area contributed by atoms with E-state index in [4.69, 9.17) is 21.1 Å². The van der Waals surface area contributed by atoms with Crippen LogP contribution in [0.25, 0.3) is 11.0 Å². The molecule has 1 N–H and O–H groups in total. The van der Waals surface area contributed by atoms with Gasteiger partial charge in [-0.15, -0.1) is 0 Å². The molecule has 0 radical (unpaired) electrons. The average Bonchev–Trinajstić information content (AvgIpc) is 2.39. The van der Waals surface area contributed by atoms with Crippen LogP contribution >= 0.6 is 11.6 Å². The normalized spacial score (nSPS) is 10.6. The Labute approximate surface area is 120 Å². The molecule has 106 valence electrons. The number of hydrogen-bond donors (Lipinski definition) is 1. The number of rotatable bonds is 5. The van der Waals surface area contributed by atoms with Gasteiger partial charge >= 0.3 is 0 Å². The molecular formula is C12H13ClN4O3. The number of pyridine rings is 1. The van der Waals surface area contributed by atoms with Crippen molar-refractivity contribution in [2.24, 2.45) is 0 Å². The minimum absolute atomic E-state index is 0.154. The monoisotopic (exact) mass is 296 g/mol. The fourth-order valence-corrected chi connectivity index (χ4v) is 1.65. The van der Waals surface area contributed by atoms with Gasteiger partial charge in [-0.2, -0.15) is 4.98 Å². The smallest absolute Gasteiger partial charge is 0.245 e. The zero-order chi connectivity index (χ0) is 14.5. The lowest BCUT2D eigenvalue weighted by Crippen LogP contribution is -2.12. The Morgan fingerprint density at radius 1 is 1.30 bits per heavy atom. The number of aromatic nitrogens is 3. The number of ether oxygens (including phenoxy) is 2. The maximum Gasteiger partial charge on any atom is 0.245 e. The number of fused-ring (bicyclic) bond motifs is 1. The van der Waals surface area contributed by atoms with Crippen molar-refractivity contribution >= 4 is 34.5 Å². The Kier molecular flexibility index (Phi) is 4.65. The summed E-state index contributed by atoms with van der Waals surface area (Å²) in [6.07, 6.45) is 0. The van der Waals surface area contributed by atoms with Crippen LogP contribution in [0.15, 0.2) is 12.1 Å². The molecule has 0 unspecified atom stereocenters. The summed E-state index contributed by atoms with van der Waals surface area (Å²) in [5, 5.41) is 2.82. The molecule has 0 aliphatic rings. The molecule has 0 saturated carbocycles. The summed E-state index contributed by atoms with van der Waals surface area (Å²) in [5.74, 6) is 0.133. The number of amides is 1. The van der Waals surface area contributed by atoms with Gasteiger partial charge in [0.2, 0.25) is 17.7 Å². The van der Waals surface area contributed by atoms with E-state index in [1.165, 1.54) is 6.92 Å². The second-order valence-electron chi connectivity index (χ2n) is 3.88. The second-order valence-corrected chi connectivity index (χ2v) is 4.26. The van der Waals surface area contributed by atoms with E-state index < -0.39 is 0 Å². The van der Waals surface area contributed by atoms with Gasteiger partial charge in [-0.05, 0) is 12.1 Å². The van der Waals surface area contributed by atoms with E-state index in [0.717, 1.165) is 0 Å². The van der Waals surface area contributed by atoms with E-state index in [0.29, 0.717) is 29.4 Å². The van der Waals surface area contributed by atoms with Crippen molar-refractivity contribution in [2.75, 3.05) is 25.6 Å². The lowest BCUT2D eigenvalue weighted by molar-refractivity contribution is -0.114. The molecule has 0 spiro atoms. The number of carbonyl (C=O) groups is 1. The fraction of sp³-hybridized carbons (Fsp3) is 0.333. The van der Waals surface area contributed by atoms with Crippen LogP contribution in [0.4, 0.5) is 5.95 Å². The Hall–Kier alpha value is -1.99. The van der Waals surface area contributed by atoms with Gasteiger partial charge in [0, 0.05) is 14.0 Å². The van der Waals surface area contributed by atoms with E-state index >= 15 is 0 Å². The molecule has 2 aromatic heterocycles. The van der Waals surface area contributed by atoms with Gasteiger partial charge in [0.05, 0.1) is 12.1 Å². The Morgan fingerprint density at radius 3 is 2.80 bits per heavy atom. The summed E-state index contributed by atoms with van der Waals surface area (Å²) >= 11 is 5.86. The topological polar surface area (TPSA) is 86.2 Å². The molecule has 2 aromatic rings. The molecule has 0 saturated heterocycles. The van der Waals surface area contributed by atoms with E-state index in [1.54, 1.807) is 19.2 Å². The molecule has 20 heavy (non-hydrogen) atoms. The molecule has 0 atom stereocenters. The molecular weight excluding hydrogens is 284 g/mol. The molecule has 0 aromatic carbocycles. The van der Waals surface area contributed by atoms with Gasteiger partial charge in [0.15, 0.2) is 5.52 Å². The number of halogens is 1. The van der Waals surface area contributed by atoms with Gasteiger partial charge < -0.3 is 9.47 Å². The van der Waals surface area contributed by atoms with Gasteiger partial charge in [-0.1, -0.05) is 11.6 Å². The number of hydrogen-bond acceptors (Lipinski definition) is 6. The quantitative estimate of drug-likeness (QED) is 0.667. The Morgan fingerprint density at radius 2 is 2.10 bits per heavy atom. The number of methoxy groups -OCH3 is 1. The Balaban J connectivity index is 2.42. The second kappa shape index (κ2) is 6.44. The van der Waals surface area contributed by atoms with Crippen LogP contribution in [0, 0.1) is 0 Å². The first kappa shape index (κ1) is 14.4. The summed E-state index contributed by atoms with van der Waals surface area (Å²) < 4.78 is 10.4. The molecule has 8 heteroatoms. The highest BCUT2D eigenvalue weighted by atomic mass is 35.5. The maximum atomic E-state index is 11.1. The van der Waals surface area contributed by atoms with E-state index in [-0.39, 0.29) is 17.7 Å². The van der Waals surface area contributed by atoms with Crippen molar-refractivity contribution in [3.05, 3.63) is 17.3 Å². The van der Waals surface area contributed by atoms with Crippen molar-refractivity contribution < 1.29 is 14.3 Å². The highest BCUT2D eigenvalue weighted by Gasteiger charge is 2.12. The first-order valence-corrected chi connectivity index (χ1v) is 6.21. The van der Waals surface area contributed by atoms with Crippen LogP contribution in [0.1, 0.15) is 6.92 Å². The maximum absolute atomic E-state index is 11.1. The summed E-state index contributed by atoms with van der Waals surface area (Å²) in [7, 11) is 1.57. The third kappa shape index (κ3) is 3.52. The highest BCUT2D eigenvalue weighted by molar-refractivity contribution is 6.29. The Bertz CT molecular complexity index is 635. The molecule has 0 aliphatic heterocycles.